The minimum atomic E-state index is -1.46. The van der Waals surface area contributed by atoms with Crippen molar-refractivity contribution in [2.24, 2.45) is 5.73 Å². The van der Waals surface area contributed by atoms with Crippen molar-refractivity contribution in [1.29, 1.82) is 0 Å². The second kappa shape index (κ2) is 5.25. The first-order chi connectivity index (χ1) is 9.00. The number of nitrogens with two attached hydrogens (primary N) is 1. The number of carboxylic acids is 1. The summed E-state index contributed by atoms with van der Waals surface area (Å²) in [4.78, 5) is 10.8. The molecule has 0 unspecified atom stereocenters. The number of rotatable bonds is 3. The summed E-state index contributed by atoms with van der Waals surface area (Å²) in [7, 11) is 0. The topological polar surface area (TPSA) is 63.3 Å². The standard InChI is InChI=1S/C14H17F2NO2/c15-11-7-10(12(16)6-9(11)13(18)19)14(8-17)4-2-1-3-5-14/h6-7H,1-5,8,17H2,(H,18,19). The molecule has 19 heavy (non-hydrogen) atoms. The lowest BCUT2D eigenvalue weighted by atomic mass is 9.69. The van der Waals surface area contributed by atoms with E-state index in [0.717, 1.165) is 31.4 Å². The molecule has 0 bridgehead atoms. The van der Waals surface area contributed by atoms with E-state index in [9.17, 15) is 13.6 Å². The van der Waals surface area contributed by atoms with Crippen molar-refractivity contribution in [1.82, 2.24) is 0 Å². The van der Waals surface area contributed by atoms with Crippen LogP contribution in [0.3, 0.4) is 0 Å². The molecule has 1 aliphatic carbocycles. The third kappa shape index (κ3) is 2.47. The molecule has 1 aromatic carbocycles. The molecule has 0 atom stereocenters. The van der Waals surface area contributed by atoms with Crippen LogP contribution in [0.2, 0.25) is 0 Å². The average molecular weight is 269 g/mol. The number of hydrogen-bond donors (Lipinski definition) is 2. The lowest BCUT2D eigenvalue weighted by Crippen LogP contribution is -2.38. The van der Waals surface area contributed by atoms with Gasteiger partial charge in [-0.1, -0.05) is 19.3 Å². The van der Waals surface area contributed by atoms with Crippen LogP contribution in [0.15, 0.2) is 12.1 Å². The first-order valence-electron chi connectivity index (χ1n) is 6.43. The smallest absolute Gasteiger partial charge is 0.338 e. The highest BCUT2D eigenvalue weighted by Crippen LogP contribution is 2.40. The summed E-state index contributed by atoms with van der Waals surface area (Å²) in [6, 6.07) is 1.77. The van der Waals surface area contributed by atoms with Gasteiger partial charge in [0, 0.05) is 12.0 Å². The average Bonchev–Trinajstić information content (AvgIpc) is 2.41. The molecule has 0 aromatic heterocycles. The summed E-state index contributed by atoms with van der Waals surface area (Å²) in [6.07, 6.45) is 4.36. The van der Waals surface area contributed by atoms with E-state index in [1.807, 2.05) is 0 Å². The van der Waals surface area contributed by atoms with Crippen LogP contribution in [-0.4, -0.2) is 17.6 Å². The molecule has 1 fully saturated rings. The van der Waals surface area contributed by atoms with Crippen molar-refractivity contribution >= 4 is 5.97 Å². The molecule has 0 saturated heterocycles. The van der Waals surface area contributed by atoms with E-state index < -0.39 is 28.6 Å². The van der Waals surface area contributed by atoms with E-state index in [0.29, 0.717) is 12.8 Å². The monoisotopic (exact) mass is 269 g/mol. The number of carbonyl (C=O) groups is 1. The Balaban J connectivity index is 2.49. The quantitative estimate of drug-likeness (QED) is 0.886. The summed E-state index contributed by atoms with van der Waals surface area (Å²) < 4.78 is 27.9. The Labute approximate surface area is 110 Å². The van der Waals surface area contributed by atoms with Crippen molar-refractivity contribution in [3.8, 4) is 0 Å². The zero-order chi connectivity index (χ0) is 14.0. The zero-order valence-electron chi connectivity index (χ0n) is 10.6. The summed E-state index contributed by atoms with van der Waals surface area (Å²) >= 11 is 0. The molecule has 1 aromatic rings. The van der Waals surface area contributed by atoms with E-state index in [2.05, 4.69) is 0 Å². The van der Waals surface area contributed by atoms with Crippen molar-refractivity contribution in [3.63, 3.8) is 0 Å². The highest BCUT2D eigenvalue weighted by molar-refractivity contribution is 5.88. The number of halogens is 2. The summed E-state index contributed by atoms with van der Waals surface area (Å²) in [5, 5.41) is 8.78. The molecule has 0 spiro atoms. The summed E-state index contributed by atoms with van der Waals surface area (Å²) in [6.45, 7) is 0.246. The Morgan fingerprint density at radius 2 is 1.84 bits per heavy atom. The third-order valence-corrected chi connectivity index (χ3v) is 4.06. The lowest BCUT2D eigenvalue weighted by molar-refractivity contribution is 0.0691. The van der Waals surface area contributed by atoms with Crippen LogP contribution in [0.5, 0.6) is 0 Å². The lowest BCUT2D eigenvalue weighted by Gasteiger charge is -2.37. The van der Waals surface area contributed by atoms with Crippen LogP contribution in [-0.2, 0) is 5.41 Å². The van der Waals surface area contributed by atoms with Gasteiger partial charge < -0.3 is 10.8 Å². The van der Waals surface area contributed by atoms with Gasteiger partial charge in [-0.25, -0.2) is 13.6 Å². The van der Waals surface area contributed by atoms with Crippen LogP contribution in [0.1, 0.15) is 48.0 Å². The van der Waals surface area contributed by atoms with E-state index >= 15 is 0 Å². The van der Waals surface area contributed by atoms with Crippen LogP contribution in [0, 0.1) is 11.6 Å². The fourth-order valence-corrected chi connectivity index (χ4v) is 2.93. The van der Waals surface area contributed by atoms with Crippen LogP contribution < -0.4 is 5.73 Å². The van der Waals surface area contributed by atoms with Crippen molar-refractivity contribution in [3.05, 3.63) is 34.9 Å². The molecule has 5 heteroatoms. The Hall–Kier alpha value is -1.49. The molecule has 1 aliphatic rings. The SMILES string of the molecule is NCC1(c2cc(F)c(C(=O)O)cc2F)CCCCC1. The number of aromatic carboxylic acids is 1. The molecule has 104 valence electrons. The third-order valence-electron chi connectivity index (χ3n) is 4.06. The maximum absolute atomic E-state index is 14.1. The molecule has 2 rings (SSSR count). The second-order valence-corrected chi connectivity index (χ2v) is 5.16. The van der Waals surface area contributed by atoms with Gasteiger partial charge in [0.15, 0.2) is 0 Å². The molecule has 0 amide bonds. The Morgan fingerprint density at radius 3 is 2.37 bits per heavy atom. The van der Waals surface area contributed by atoms with Crippen LogP contribution in [0.4, 0.5) is 8.78 Å². The minimum absolute atomic E-state index is 0.220. The van der Waals surface area contributed by atoms with E-state index in [4.69, 9.17) is 10.8 Å². The van der Waals surface area contributed by atoms with Gasteiger partial charge in [0.2, 0.25) is 0 Å². The Kier molecular flexibility index (Phi) is 3.85. The van der Waals surface area contributed by atoms with Crippen LogP contribution >= 0.6 is 0 Å². The molecular formula is C14H17F2NO2. The van der Waals surface area contributed by atoms with E-state index in [1.165, 1.54) is 0 Å². The van der Waals surface area contributed by atoms with Gasteiger partial charge in [0.1, 0.15) is 11.6 Å². The molecule has 3 N–H and O–H groups in total. The molecule has 3 nitrogen and oxygen atoms in total. The van der Waals surface area contributed by atoms with Gasteiger partial charge in [-0.15, -0.1) is 0 Å². The van der Waals surface area contributed by atoms with Gasteiger partial charge in [0.25, 0.3) is 0 Å². The molecule has 0 heterocycles. The van der Waals surface area contributed by atoms with Crippen LogP contribution in [0.25, 0.3) is 0 Å². The van der Waals surface area contributed by atoms with Gasteiger partial charge in [-0.2, -0.15) is 0 Å². The van der Waals surface area contributed by atoms with Gasteiger partial charge in [-0.3, -0.25) is 0 Å². The fraction of sp³-hybridized carbons (Fsp3) is 0.500. The molecule has 1 saturated carbocycles. The predicted molar refractivity (Wildman–Crippen MR) is 67.1 cm³/mol. The Morgan fingerprint density at radius 1 is 1.21 bits per heavy atom. The van der Waals surface area contributed by atoms with Gasteiger partial charge in [-0.05, 0) is 30.5 Å². The number of hydrogen-bond acceptors (Lipinski definition) is 2. The molecule has 0 aliphatic heterocycles. The first-order valence-corrected chi connectivity index (χ1v) is 6.43. The van der Waals surface area contributed by atoms with Gasteiger partial charge >= 0.3 is 5.97 Å². The number of benzene rings is 1. The first kappa shape index (κ1) is 13.9. The maximum atomic E-state index is 14.1. The summed E-state index contributed by atoms with van der Waals surface area (Å²) in [5.74, 6) is -3.04. The van der Waals surface area contributed by atoms with Crippen molar-refractivity contribution in [2.75, 3.05) is 6.54 Å². The molecule has 0 radical (unpaired) electrons. The summed E-state index contributed by atoms with van der Waals surface area (Å²) in [5.41, 5.74) is 4.81. The largest absolute Gasteiger partial charge is 0.478 e. The predicted octanol–water partition coefficient (Wildman–Crippen LogP) is 2.82. The highest BCUT2D eigenvalue weighted by Gasteiger charge is 2.35. The minimum Gasteiger partial charge on any atom is -0.478 e. The number of carboxylic acid groups (broad SMARTS) is 1. The Bertz CT molecular complexity index is 496. The van der Waals surface area contributed by atoms with E-state index in [-0.39, 0.29) is 12.1 Å². The van der Waals surface area contributed by atoms with Crippen molar-refractivity contribution < 1.29 is 18.7 Å². The zero-order valence-corrected chi connectivity index (χ0v) is 10.6. The van der Waals surface area contributed by atoms with Gasteiger partial charge in [0.05, 0.1) is 5.56 Å². The second-order valence-electron chi connectivity index (χ2n) is 5.16. The van der Waals surface area contributed by atoms with E-state index in [1.54, 1.807) is 0 Å². The highest BCUT2D eigenvalue weighted by atomic mass is 19.1. The fourth-order valence-electron chi connectivity index (χ4n) is 2.93. The maximum Gasteiger partial charge on any atom is 0.338 e. The molecular weight excluding hydrogens is 252 g/mol. The normalized spacial score (nSPS) is 18.3. The van der Waals surface area contributed by atoms with Crippen molar-refractivity contribution in [2.45, 2.75) is 37.5 Å².